The van der Waals surface area contributed by atoms with Crippen molar-refractivity contribution in [1.29, 1.82) is 0 Å². The van der Waals surface area contributed by atoms with Gasteiger partial charge in [-0.1, -0.05) is 0 Å². The van der Waals surface area contributed by atoms with Crippen molar-refractivity contribution in [1.82, 2.24) is 5.32 Å². The van der Waals surface area contributed by atoms with Gasteiger partial charge in [-0.25, -0.2) is 0 Å². The summed E-state index contributed by atoms with van der Waals surface area (Å²) in [6.07, 6.45) is 4.51. The minimum absolute atomic E-state index is 0.0274. The molecule has 0 spiro atoms. The third-order valence-electron chi connectivity index (χ3n) is 5.61. The zero-order chi connectivity index (χ0) is 15.9. The normalized spacial score (nSPS) is 36.5. The van der Waals surface area contributed by atoms with Gasteiger partial charge in [-0.05, 0) is 37.0 Å². The number of hydrogen-bond donors (Lipinski definition) is 2. The Balaban J connectivity index is 1.62. The first kappa shape index (κ1) is 13.0. The zero-order valence-corrected chi connectivity index (χ0v) is 12.0. The Bertz CT molecular complexity index is 896. The highest BCUT2D eigenvalue weighted by Gasteiger charge is 2.86. The Morgan fingerprint density at radius 2 is 1.96 bits per heavy atom. The highest BCUT2D eigenvalue weighted by molar-refractivity contribution is 6.48. The summed E-state index contributed by atoms with van der Waals surface area (Å²) in [6, 6.07) is 1.90. The van der Waals surface area contributed by atoms with Crippen LogP contribution in [0.4, 0.5) is 0 Å². The van der Waals surface area contributed by atoms with Crippen LogP contribution in [0.15, 0.2) is 33.5 Å². The van der Waals surface area contributed by atoms with Crippen LogP contribution in [-0.4, -0.2) is 29.3 Å². The maximum absolute atomic E-state index is 12.1. The van der Waals surface area contributed by atoms with E-state index in [1.165, 1.54) is 12.1 Å². The summed E-state index contributed by atoms with van der Waals surface area (Å²) in [5.74, 6) is -0.267. The molecule has 0 radical (unpaired) electrons. The zero-order valence-electron chi connectivity index (χ0n) is 12.0. The molecular formula is C17H13NO5. The molecule has 2 N–H and O–H groups in total. The summed E-state index contributed by atoms with van der Waals surface area (Å²) in [4.78, 5) is 34.9. The van der Waals surface area contributed by atoms with Crippen LogP contribution in [0.1, 0.15) is 17.9 Å². The molecule has 3 aliphatic carbocycles. The molecule has 116 valence electrons. The van der Waals surface area contributed by atoms with Crippen molar-refractivity contribution < 1.29 is 19.1 Å². The fraction of sp³-hybridized carbons (Fsp3) is 0.353. The van der Waals surface area contributed by atoms with E-state index in [4.69, 9.17) is 4.42 Å². The van der Waals surface area contributed by atoms with E-state index in [9.17, 15) is 19.5 Å². The molecule has 0 aromatic carbocycles. The number of aromatic hydroxyl groups is 1. The van der Waals surface area contributed by atoms with Crippen LogP contribution in [0.25, 0.3) is 5.57 Å². The third kappa shape index (κ3) is 1.49. The molecule has 1 aromatic heterocycles. The quantitative estimate of drug-likeness (QED) is 0.602. The number of ketones is 2. The molecular weight excluding hydrogens is 298 g/mol. The SMILES string of the molecule is O=C1C=CC(c2oc(C34CCNC5C3C54)cc(=O)c2O)=CC1=O. The molecule has 1 aromatic rings. The highest BCUT2D eigenvalue weighted by atomic mass is 16.4. The molecule has 0 amide bonds. The van der Waals surface area contributed by atoms with Gasteiger partial charge in [0.2, 0.25) is 22.7 Å². The van der Waals surface area contributed by atoms with Gasteiger partial charge in [0.1, 0.15) is 5.76 Å². The van der Waals surface area contributed by atoms with E-state index in [-0.39, 0.29) is 16.7 Å². The number of allylic oxidation sites excluding steroid dienone is 4. The maximum Gasteiger partial charge on any atom is 0.227 e. The topological polar surface area (TPSA) is 96.6 Å². The van der Waals surface area contributed by atoms with Gasteiger partial charge < -0.3 is 14.8 Å². The molecule has 23 heavy (non-hydrogen) atoms. The Morgan fingerprint density at radius 1 is 1.17 bits per heavy atom. The predicted octanol–water partition coefficient (Wildman–Crippen LogP) is 0.296. The van der Waals surface area contributed by atoms with E-state index in [0.717, 1.165) is 25.1 Å². The number of nitrogens with one attached hydrogen (secondary N) is 1. The molecule has 1 aliphatic heterocycles. The van der Waals surface area contributed by atoms with Crippen LogP contribution >= 0.6 is 0 Å². The summed E-state index contributed by atoms with van der Waals surface area (Å²) in [7, 11) is 0. The third-order valence-corrected chi connectivity index (χ3v) is 5.61. The van der Waals surface area contributed by atoms with E-state index in [1.54, 1.807) is 0 Å². The molecule has 6 heteroatoms. The van der Waals surface area contributed by atoms with Crippen LogP contribution in [0.5, 0.6) is 5.75 Å². The van der Waals surface area contributed by atoms with Gasteiger partial charge in [0.15, 0.2) is 5.76 Å². The van der Waals surface area contributed by atoms with Crippen LogP contribution in [-0.2, 0) is 15.0 Å². The molecule has 3 fully saturated rings. The summed E-state index contributed by atoms with van der Waals surface area (Å²) in [5, 5.41) is 13.5. The number of carbonyl (C=O) groups is 2. The first-order valence-electron chi connectivity index (χ1n) is 7.63. The molecule has 0 bridgehead atoms. The standard InChI is InChI=1S/C17H13NO5/c19-8-2-1-7(5-9(8)20)16-15(22)10(21)6-11(23-16)17-3-4-18-14-12(17)13(14)17/h1-2,5-6,12-14,18,22H,3-4H2. The highest BCUT2D eigenvalue weighted by Crippen LogP contribution is 2.80. The number of carbonyl (C=O) groups excluding carboxylic acids is 2. The van der Waals surface area contributed by atoms with E-state index in [0.29, 0.717) is 23.6 Å². The molecule has 2 atom stereocenters. The van der Waals surface area contributed by atoms with Gasteiger partial charge in [-0.3, -0.25) is 14.4 Å². The Kier molecular flexibility index (Phi) is 2.20. The van der Waals surface area contributed by atoms with Crippen LogP contribution < -0.4 is 10.7 Å². The van der Waals surface area contributed by atoms with E-state index in [2.05, 4.69) is 5.32 Å². The summed E-state index contributed by atoms with van der Waals surface area (Å²) >= 11 is 0. The molecule has 4 aliphatic rings. The Hall–Kier alpha value is -2.47. The number of piperidine rings is 2. The lowest BCUT2D eigenvalue weighted by Crippen LogP contribution is -2.43. The number of rotatable bonds is 2. The molecule has 1 saturated heterocycles. The van der Waals surface area contributed by atoms with E-state index in [1.807, 2.05) is 0 Å². The van der Waals surface area contributed by atoms with Crippen molar-refractivity contribution in [3.63, 3.8) is 0 Å². The Labute approximate surface area is 130 Å². The number of hydrogen-bond acceptors (Lipinski definition) is 6. The van der Waals surface area contributed by atoms with Crippen molar-refractivity contribution >= 4 is 17.1 Å². The molecule has 5 rings (SSSR count). The van der Waals surface area contributed by atoms with Crippen molar-refractivity contribution in [3.8, 4) is 5.75 Å². The second-order valence-corrected chi connectivity index (χ2v) is 6.64. The average molecular weight is 311 g/mol. The monoisotopic (exact) mass is 311 g/mol. The van der Waals surface area contributed by atoms with Gasteiger partial charge in [0, 0.05) is 29.2 Å². The van der Waals surface area contributed by atoms with Gasteiger partial charge in [0.05, 0.1) is 0 Å². The van der Waals surface area contributed by atoms with Gasteiger partial charge >= 0.3 is 0 Å². The Morgan fingerprint density at radius 3 is 2.65 bits per heavy atom. The van der Waals surface area contributed by atoms with E-state index < -0.39 is 22.7 Å². The van der Waals surface area contributed by atoms with E-state index >= 15 is 0 Å². The van der Waals surface area contributed by atoms with Crippen molar-refractivity contribution in [2.24, 2.45) is 11.8 Å². The van der Waals surface area contributed by atoms with Crippen LogP contribution in [0.3, 0.4) is 0 Å². The second-order valence-electron chi connectivity index (χ2n) is 6.64. The largest absolute Gasteiger partial charge is 0.502 e. The van der Waals surface area contributed by atoms with Gasteiger partial charge in [-0.2, -0.15) is 0 Å². The molecule has 2 unspecified atom stereocenters. The summed E-state index contributed by atoms with van der Waals surface area (Å²) in [5.41, 5.74) is -0.353. The van der Waals surface area contributed by atoms with Gasteiger partial charge in [0.25, 0.3) is 0 Å². The fourth-order valence-corrected chi connectivity index (χ4v) is 4.38. The number of fused-ring (bicyclic) bond motifs is 2. The minimum Gasteiger partial charge on any atom is -0.502 e. The van der Waals surface area contributed by atoms with Crippen LogP contribution in [0, 0.1) is 11.8 Å². The lowest BCUT2D eigenvalue weighted by atomic mass is 9.82. The van der Waals surface area contributed by atoms with Crippen molar-refractivity contribution in [2.45, 2.75) is 17.9 Å². The maximum atomic E-state index is 12.1. The average Bonchev–Trinajstić information content (AvgIpc) is 3.44. The first-order chi connectivity index (χ1) is 11.0. The lowest BCUT2D eigenvalue weighted by molar-refractivity contribution is -0.131. The molecule has 2 saturated carbocycles. The van der Waals surface area contributed by atoms with Crippen LogP contribution in [0.2, 0.25) is 0 Å². The minimum atomic E-state index is -0.690. The summed E-state index contributed by atoms with van der Waals surface area (Å²) in [6.45, 7) is 0.882. The summed E-state index contributed by atoms with van der Waals surface area (Å²) < 4.78 is 5.85. The van der Waals surface area contributed by atoms with Gasteiger partial charge in [-0.15, -0.1) is 0 Å². The first-order valence-corrected chi connectivity index (χ1v) is 7.63. The predicted molar refractivity (Wildman–Crippen MR) is 78.8 cm³/mol. The lowest BCUT2D eigenvalue weighted by Gasteiger charge is -2.32. The molecule has 6 nitrogen and oxygen atoms in total. The second kappa shape index (κ2) is 3.89. The fourth-order valence-electron chi connectivity index (χ4n) is 4.38. The van der Waals surface area contributed by atoms with Crippen molar-refractivity contribution in [2.75, 3.05) is 6.54 Å². The van der Waals surface area contributed by atoms with Crippen molar-refractivity contribution in [3.05, 3.63) is 46.0 Å². The molecule has 2 heterocycles. The smallest absolute Gasteiger partial charge is 0.227 e.